The summed E-state index contributed by atoms with van der Waals surface area (Å²) in [5.41, 5.74) is 3.63. The van der Waals surface area contributed by atoms with Crippen LogP contribution in [0.1, 0.15) is 30.4 Å². The Bertz CT molecular complexity index is 1410. The van der Waals surface area contributed by atoms with Crippen LogP contribution < -0.4 is 9.80 Å². The van der Waals surface area contributed by atoms with Crippen LogP contribution in [-0.2, 0) is 12.7 Å². The number of anilines is 3. The molecule has 1 aliphatic heterocycles. The third kappa shape index (κ3) is 7.23. The van der Waals surface area contributed by atoms with Gasteiger partial charge in [-0.05, 0) is 67.3 Å². The van der Waals surface area contributed by atoms with Crippen molar-refractivity contribution in [3.05, 3.63) is 96.4 Å². The molecular formula is C32H34F4N6. The average molecular weight is 579 g/mol. The maximum atomic E-state index is 13.1. The summed E-state index contributed by atoms with van der Waals surface area (Å²) >= 11 is 0. The van der Waals surface area contributed by atoms with E-state index in [1.54, 1.807) is 24.7 Å². The van der Waals surface area contributed by atoms with Gasteiger partial charge in [0.15, 0.2) is 0 Å². The molecule has 42 heavy (non-hydrogen) atoms. The third-order valence-corrected chi connectivity index (χ3v) is 7.74. The Labute approximate surface area is 243 Å². The Kier molecular flexibility index (Phi) is 9.31. The van der Waals surface area contributed by atoms with Gasteiger partial charge in [0, 0.05) is 74.8 Å². The summed E-state index contributed by atoms with van der Waals surface area (Å²) in [5.74, 6) is 0.535. The van der Waals surface area contributed by atoms with Crippen LogP contribution in [0.5, 0.6) is 0 Å². The van der Waals surface area contributed by atoms with Crippen LogP contribution in [0.3, 0.4) is 0 Å². The molecule has 0 amide bonds. The molecule has 4 aromatic rings. The smallest absolute Gasteiger partial charge is 0.345 e. The molecule has 6 nitrogen and oxygen atoms in total. The molecule has 1 aliphatic rings. The van der Waals surface area contributed by atoms with Crippen LogP contribution in [0.2, 0.25) is 0 Å². The summed E-state index contributed by atoms with van der Waals surface area (Å²) in [6.45, 7) is 2.72. The van der Waals surface area contributed by atoms with Gasteiger partial charge in [-0.1, -0.05) is 24.3 Å². The molecule has 5 rings (SSSR count). The predicted octanol–water partition coefficient (Wildman–Crippen LogP) is 7.16. The minimum Gasteiger partial charge on any atom is -0.345 e. The van der Waals surface area contributed by atoms with Crippen molar-refractivity contribution >= 4 is 17.3 Å². The van der Waals surface area contributed by atoms with Crippen molar-refractivity contribution < 1.29 is 17.6 Å². The van der Waals surface area contributed by atoms with Crippen molar-refractivity contribution in [2.75, 3.05) is 43.2 Å². The molecule has 0 saturated carbocycles. The maximum Gasteiger partial charge on any atom is 0.416 e. The van der Waals surface area contributed by atoms with E-state index in [0.717, 1.165) is 61.5 Å². The number of pyridine rings is 1. The highest BCUT2D eigenvalue weighted by Gasteiger charge is 2.30. The molecule has 3 heterocycles. The van der Waals surface area contributed by atoms with Gasteiger partial charge in [-0.2, -0.15) is 13.2 Å². The zero-order chi connectivity index (χ0) is 29.5. The van der Waals surface area contributed by atoms with Crippen LogP contribution in [-0.4, -0.2) is 59.3 Å². The standard InChI is InChI=1S/C32H34F4N6/c1-40(28-11-17-37-18-12-28)27-9-3-24(4-10-27)23-42(29-14-21-41(22-15-29)20-2-16-33)31-38-19-13-30(39-31)25-5-7-26(8-6-25)32(34,35)36/h3-13,17-19,29H,2,14-16,20-23H2,1H3. The Morgan fingerprint density at radius 1 is 0.857 bits per heavy atom. The zero-order valence-electron chi connectivity index (χ0n) is 23.5. The summed E-state index contributed by atoms with van der Waals surface area (Å²) in [6, 6.07) is 19.2. The summed E-state index contributed by atoms with van der Waals surface area (Å²) in [7, 11) is 2.01. The molecule has 220 valence electrons. The van der Waals surface area contributed by atoms with E-state index in [2.05, 4.69) is 48.9 Å². The fourth-order valence-electron chi connectivity index (χ4n) is 5.32. The van der Waals surface area contributed by atoms with Gasteiger partial charge in [0.1, 0.15) is 0 Å². The van der Waals surface area contributed by atoms with Crippen molar-refractivity contribution in [1.29, 1.82) is 0 Å². The molecule has 0 aliphatic carbocycles. The van der Waals surface area contributed by atoms with E-state index in [0.29, 0.717) is 30.2 Å². The maximum absolute atomic E-state index is 13.1. The lowest BCUT2D eigenvalue weighted by molar-refractivity contribution is -0.137. The van der Waals surface area contributed by atoms with Crippen LogP contribution in [0.4, 0.5) is 34.9 Å². The number of piperidine rings is 1. The zero-order valence-corrected chi connectivity index (χ0v) is 23.5. The molecule has 10 heteroatoms. The van der Waals surface area contributed by atoms with Crippen molar-refractivity contribution in [2.24, 2.45) is 0 Å². The van der Waals surface area contributed by atoms with Crippen molar-refractivity contribution in [1.82, 2.24) is 19.9 Å². The van der Waals surface area contributed by atoms with Crippen molar-refractivity contribution in [3.63, 3.8) is 0 Å². The number of likely N-dealkylation sites (tertiary alicyclic amines) is 1. The van der Waals surface area contributed by atoms with Crippen LogP contribution in [0.15, 0.2) is 85.3 Å². The first-order valence-electron chi connectivity index (χ1n) is 14.1. The van der Waals surface area contributed by atoms with E-state index in [-0.39, 0.29) is 12.7 Å². The number of hydrogen-bond acceptors (Lipinski definition) is 6. The summed E-state index contributed by atoms with van der Waals surface area (Å²) < 4.78 is 52.0. The van der Waals surface area contributed by atoms with Crippen LogP contribution in [0.25, 0.3) is 11.3 Å². The number of halogens is 4. The minimum atomic E-state index is -4.39. The fourth-order valence-corrected chi connectivity index (χ4v) is 5.32. The van der Waals surface area contributed by atoms with E-state index < -0.39 is 11.7 Å². The Morgan fingerprint density at radius 3 is 2.17 bits per heavy atom. The lowest BCUT2D eigenvalue weighted by Crippen LogP contribution is -2.45. The number of hydrogen-bond donors (Lipinski definition) is 0. The summed E-state index contributed by atoms with van der Waals surface area (Å²) in [6.07, 6.45) is 3.08. The molecule has 1 fully saturated rings. The van der Waals surface area contributed by atoms with Gasteiger partial charge < -0.3 is 14.7 Å². The van der Waals surface area contributed by atoms with Gasteiger partial charge >= 0.3 is 6.18 Å². The molecule has 0 radical (unpaired) electrons. The van der Waals surface area contributed by atoms with Gasteiger partial charge in [0.05, 0.1) is 17.9 Å². The van der Waals surface area contributed by atoms with Crippen molar-refractivity contribution in [3.8, 4) is 11.3 Å². The normalized spacial score (nSPS) is 14.6. The van der Waals surface area contributed by atoms with Crippen LogP contribution in [0, 0.1) is 0 Å². The first-order chi connectivity index (χ1) is 20.3. The second-order valence-corrected chi connectivity index (χ2v) is 10.5. The topological polar surface area (TPSA) is 48.4 Å². The Morgan fingerprint density at radius 2 is 1.52 bits per heavy atom. The lowest BCUT2D eigenvalue weighted by atomic mass is 10.0. The number of nitrogens with zero attached hydrogens (tertiary/aromatic N) is 6. The molecule has 0 bridgehead atoms. The van der Waals surface area contributed by atoms with E-state index in [1.165, 1.54) is 12.1 Å². The molecule has 1 saturated heterocycles. The number of benzene rings is 2. The first kappa shape index (κ1) is 29.4. The van der Waals surface area contributed by atoms with Gasteiger partial charge in [-0.25, -0.2) is 9.97 Å². The van der Waals surface area contributed by atoms with Gasteiger partial charge in [0.25, 0.3) is 0 Å². The van der Waals surface area contributed by atoms with E-state index in [1.807, 2.05) is 19.2 Å². The van der Waals surface area contributed by atoms with Gasteiger partial charge in [-0.15, -0.1) is 0 Å². The highest BCUT2D eigenvalue weighted by atomic mass is 19.4. The van der Waals surface area contributed by atoms with Crippen LogP contribution >= 0.6 is 0 Å². The second-order valence-electron chi connectivity index (χ2n) is 10.5. The largest absolute Gasteiger partial charge is 0.416 e. The quantitative estimate of drug-likeness (QED) is 0.186. The average Bonchev–Trinajstić information content (AvgIpc) is 3.03. The Balaban J connectivity index is 1.39. The highest BCUT2D eigenvalue weighted by Crippen LogP contribution is 2.32. The lowest BCUT2D eigenvalue weighted by Gasteiger charge is -2.38. The third-order valence-electron chi connectivity index (χ3n) is 7.74. The molecule has 0 unspecified atom stereocenters. The molecule has 0 spiro atoms. The first-order valence-corrected chi connectivity index (χ1v) is 14.1. The monoisotopic (exact) mass is 578 g/mol. The summed E-state index contributed by atoms with van der Waals surface area (Å²) in [4.78, 5) is 20.1. The van der Waals surface area contributed by atoms with E-state index >= 15 is 0 Å². The molecule has 2 aromatic carbocycles. The molecule has 2 aromatic heterocycles. The molecule has 0 atom stereocenters. The minimum absolute atomic E-state index is 0.161. The summed E-state index contributed by atoms with van der Waals surface area (Å²) in [5, 5.41) is 0. The predicted molar refractivity (Wildman–Crippen MR) is 157 cm³/mol. The van der Waals surface area contributed by atoms with E-state index in [4.69, 9.17) is 4.98 Å². The molecular weight excluding hydrogens is 544 g/mol. The number of aromatic nitrogens is 3. The highest BCUT2D eigenvalue weighted by molar-refractivity contribution is 5.63. The fraction of sp³-hybridized carbons (Fsp3) is 0.344. The van der Waals surface area contributed by atoms with Gasteiger partial charge in [0.2, 0.25) is 5.95 Å². The second kappa shape index (κ2) is 13.3. The number of alkyl halides is 4. The van der Waals surface area contributed by atoms with Crippen molar-refractivity contribution in [2.45, 2.75) is 38.0 Å². The SMILES string of the molecule is CN(c1ccncc1)c1ccc(CN(c2nccc(-c3ccc(C(F)(F)F)cc3)n2)C2CCN(CCCF)CC2)cc1. The van der Waals surface area contributed by atoms with E-state index in [9.17, 15) is 17.6 Å². The number of rotatable bonds is 10. The Hall–Kier alpha value is -4.05. The molecule has 0 N–H and O–H groups in total. The van der Waals surface area contributed by atoms with Gasteiger partial charge in [-0.3, -0.25) is 9.37 Å².